The second-order valence-electron chi connectivity index (χ2n) is 1.52. The molecule has 0 fully saturated rings. The second-order valence-corrected chi connectivity index (χ2v) is 4.59. The Labute approximate surface area is 84.6 Å². The lowest BCUT2D eigenvalue weighted by molar-refractivity contribution is -0.136. The first-order valence-corrected chi connectivity index (χ1v) is 4.36. The van der Waals surface area contributed by atoms with Crippen LogP contribution in [-0.4, -0.2) is 16.8 Å². The summed E-state index contributed by atoms with van der Waals surface area (Å²) in [5.41, 5.74) is 0.433. The maximum absolute atomic E-state index is 10.2. The number of hydrogen-bond donors (Lipinski definition) is 0. The van der Waals surface area contributed by atoms with Gasteiger partial charge < -0.3 is 4.74 Å². The molecule has 11 heavy (non-hydrogen) atoms. The summed E-state index contributed by atoms with van der Waals surface area (Å²) in [6.45, 7) is 4.95. The molecular formula is C6H9BrCl2O2. The van der Waals surface area contributed by atoms with E-state index in [-0.39, 0.29) is 5.97 Å². The Morgan fingerprint density at radius 2 is 1.91 bits per heavy atom. The molecular weight excluding hydrogens is 255 g/mol. The Morgan fingerprint density at radius 1 is 1.64 bits per heavy atom. The lowest BCUT2D eigenvalue weighted by Gasteiger charge is -1.91. The van der Waals surface area contributed by atoms with Crippen molar-refractivity contribution < 1.29 is 9.53 Å². The number of methoxy groups -OCH3 is 1. The van der Waals surface area contributed by atoms with Gasteiger partial charge in [-0.2, -0.15) is 0 Å². The molecule has 0 amide bonds. The minimum absolute atomic E-state index is 0.347. The molecule has 0 aliphatic heterocycles. The highest BCUT2D eigenvalue weighted by molar-refractivity contribution is 9.10. The quantitative estimate of drug-likeness (QED) is 0.413. The highest BCUT2D eigenvalue weighted by atomic mass is 79.9. The molecule has 0 saturated heterocycles. The number of carbonyl (C=O) groups is 1. The number of alkyl halides is 3. The van der Waals surface area contributed by atoms with Crippen molar-refractivity contribution in [2.45, 2.75) is 10.7 Å². The summed E-state index contributed by atoms with van der Waals surface area (Å²) in [4.78, 5) is 10.2. The summed E-state index contributed by atoms with van der Waals surface area (Å²) in [5.74, 6) is -0.347. The van der Waals surface area contributed by atoms with Crippen molar-refractivity contribution in [1.82, 2.24) is 0 Å². The molecule has 0 aromatic rings. The van der Waals surface area contributed by atoms with Crippen molar-refractivity contribution in [3.8, 4) is 0 Å². The zero-order valence-corrected chi connectivity index (χ0v) is 9.33. The topological polar surface area (TPSA) is 26.3 Å². The number of halogens is 3. The van der Waals surface area contributed by atoms with Gasteiger partial charge in [0.25, 0.3) is 0 Å². The van der Waals surface area contributed by atoms with Crippen LogP contribution in [0.3, 0.4) is 0 Å². The molecule has 0 N–H and O–H groups in total. The highest BCUT2D eigenvalue weighted by Crippen LogP contribution is 2.07. The third kappa shape index (κ3) is 17.9. The Morgan fingerprint density at radius 3 is 1.91 bits per heavy atom. The largest absolute Gasteiger partial charge is 0.466 e. The van der Waals surface area contributed by atoms with E-state index >= 15 is 0 Å². The molecule has 0 saturated carbocycles. The van der Waals surface area contributed by atoms with Gasteiger partial charge in [0.15, 0.2) is 3.75 Å². The fourth-order valence-electron chi connectivity index (χ4n) is 0.174. The molecule has 0 spiro atoms. The Hall–Kier alpha value is 0.270. The van der Waals surface area contributed by atoms with Crippen LogP contribution in [0.4, 0.5) is 0 Å². The number of ether oxygens (including phenoxy) is 1. The normalized spacial score (nSPS) is 8.18. The van der Waals surface area contributed by atoms with Crippen molar-refractivity contribution in [2.75, 3.05) is 7.11 Å². The number of esters is 1. The van der Waals surface area contributed by atoms with Gasteiger partial charge in [-0.25, -0.2) is 4.79 Å². The fraction of sp³-hybridized carbons (Fsp3) is 0.500. The molecule has 0 heterocycles. The summed E-state index contributed by atoms with van der Waals surface area (Å²) < 4.78 is 3.86. The Balaban J connectivity index is 0. The van der Waals surface area contributed by atoms with Crippen LogP contribution in [-0.2, 0) is 9.53 Å². The van der Waals surface area contributed by atoms with E-state index < -0.39 is 3.75 Å². The highest BCUT2D eigenvalue weighted by Gasteiger charge is 1.95. The van der Waals surface area contributed by atoms with Gasteiger partial charge in [-0.15, -0.1) is 0 Å². The molecule has 5 heteroatoms. The molecule has 0 unspecified atom stereocenters. The monoisotopic (exact) mass is 262 g/mol. The zero-order chi connectivity index (χ0) is 9.44. The maximum atomic E-state index is 10.2. The Kier molecular flexibility index (Phi) is 10.5. The predicted octanol–water partition coefficient (Wildman–Crippen LogP) is 2.88. The summed E-state index contributed by atoms with van der Waals surface area (Å²) in [5, 5.41) is 0. The second kappa shape index (κ2) is 8.37. The molecule has 0 atom stereocenters. The van der Waals surface area contributed by atoms with Gasteiger partial charge in [0, 0.05) is 5.57 Å². The molecule has 0 aliphatic rings. The molecule has 0 aromatic heterocycles. The summed E-state index contributed by atoms with van der Waals surface area (Å²) >= 11 is 12.7. The van der Waals surface area contributed by atoms with Crippen LogP contribution >= 0.6 is 39.1 Å². The summed E-state index contributed by atoms with van der Waals surface area (Å²) in [6.07, 6.45) is 0. The number of rotatable bonds is 1. The number of hydrogen-bond acceptors (Lipinski definition) is 2. The molecule has 2 nitrogen and oxygen atoms in total. The van der Waals surface area contributed by atoms with Crippen LogP contribution in [0, 0.1) is 0 Å². The van der Waals surface area contributed by atoms with Crippen molar-refractivity contribution >= 4 is 45.1 Å². The first-order chi connectivity index (χ1) is 4.91. The van der Waals surface area contributed by atoms with E-state index in [1.165, 1.54) is 7.11 Å². The summed E-state index contributed by atoms with van der Waals surface area (Å²) in [7, 11) is 1.33. The van der Waals surface area contributed by atoms with E-state index in [1.807, 2.05) is 0 Å². The van der Waals surface area contributed by atoms with Crippen LogP contribution in [0.15, 0.2) is 12.2 Å². The van der Waals surface area contributed by atoms with Crippen LogP contribution in [0.2, 0.25) is 0 Å². The molecule has 0 aromatic carbocycles. The average molecular weight is 264 g/mol. The standard InChI is InChI=1S/C5H8O2.CHBrCl2/c1-4(2)5(6)7-3;2-1(3)4/h1H2,2-3H3;1H. The van der Waals surface area contributed by atoms with Crippen LogP contribution in [0.1, 0.15) is 6.92 Å². The van der Waals surface area contributed by atoms with Gasteiger partial charge in [0.1, 0.15) is 0 Å². The van der Waals surface area contributed by atoms with Gasteiger partial charge in [-0.05, 0) is 6.92 Å². The molecule has 66 valence electrons. The van der Waals surface area contributed by atoms with Gasteiger partial charge in [-0.1, -0.05) is 45.7 Å². The Bertz CT molecular complexity index is 134. The lowest BCUT2D eigenvalue weighted by atomic mass is 10.4. The first kappa shape index (κ1) is 13.8. The summed E-state index contributed by atoms with van der Waals surface area (Å²) in [6, 6.07) is 0. The van der Waals surface area contributed by atoms with E-state index in [0.29, 0.717) is 5.57 Å². The molecule has 0 aliphatic carbocycles. The predicted molar refractivity (Wildman–Crippen MR) is 51.3 cm³/mol. The SMILES string of the molecule is C=C(C)C(=O)OC.ClC(Cl)Br. The smallest absolute Gasteiger partial charge is 0.332 e. The van der Waals surface area contributed by atoms with Crippen molar-refractivity contribution in [2.24, 2.45) is 0 Å². The van der Waals surface area contributed by atoms with Crippen molar-refractivity contribution in [3.63, 3.8) is 0 Å². The first-order valence-electron chi connectivity index (χ1n) is 2.57. The molecule has 0 rings (SSSR count). The van der Waals surface area contributed by atoms with E-state index in [1.54, 1.807) is 6.92 Å². The maximum Gasteiger partial charge on any atom is 0.332 e. The minimum atomic E-state index is -0.410. The minimum Gasteiger partial charge on any atom is -0.466 e. The molecule has 0 radical (unpaired) electrons. The number of carbonyl (C=O) groups excluding carboxylic acids is 1. The van der Waals surface area contributed by atoms with E-state index in [2.05, 4.69) is 27.2 Å². The third-order valence-corrected chi connectivity index (χ3v) is 0.534. The van der Waals surface area contributed by atoms with Gasteiger partial charge in [0.05, 0.1) is 7.11 Å². The van der Waals surface area contributed by atoms with Crippen LogP contribution in [0.5, 0.6) is 0 Å². The average Bonchev–Trinajstić information content (AvgIpc) is 1.85. The van der Waals surface area contributed by atoms with E-state index in [0.717, 1.165) is 0 Å². The lowest BCUT2D eigenvalue weighted by Crippen LogP contribution is -1.98. The van der Waals surface area contributed by atoms with Gasteiger partial charge >= 0.3 is 5.97 Å². The molecule has 0 bridgehead atoms. The fourth-order valence-corrected chi connectivity index (χ4v) is 0.174. The van der Waals surface area contributed by atoms with Crippen LogP contribution in [0.25, 0.3) is 0 Å². The van der Waals surface area contributed by atoms with E-state index in [4.69, 9.17) is 23.2 Å². The third-order valence-electron chi connectivity index (χ3n) is 0.534. The van der Waals surface area contributed by atoms with Gasteiger partial charge in [-0.3, -0.25) is 0 Å². The van der Waals surface area contributed by atoms with Gasteiger partial charge in [0.2, 0.25) is 0 Å². The van der Waals surface area contributed by atoms with Crippen molar-refractivity contribution in [1.29, 1.82) is 0 Å². The van der Waals surface area contributed by atoms with Crippen LogP contribution < -0.4 is 0 Å². The van der Waals surface area contributed by atoms with Crippen molar-refractivity contribution in [3.05, 3.63) is 12.2 Å². The zero-order valence-electron chi connectivity index (χ0n) is 6.23. The van der Waals surface area contributed by atoms with E-state index in [9.17, 15) is 4.79 Å².